The fourth-order valence-corrected chi connectivity index (χ4v) is 7.08. The first-order chi connectivity index (χ1) is 16.4. The lowest BCUT2D eigenvalue weighted by molar-refractivity contribution is 0.604. The monoisotopic (exact) mass is 484 g/mol. The third-order valence-electron chi connectivity index (χ3n) is 5.71. The molecule has 0 fully saturated rings. The van der Waals surface area contributed by atoms with Crippen molar-refractivity contribution in [3.8, 4) is 0 Å². The molecule has 0 bridgehead atoms. The van der Waals surface area contributed by atoms with E-state index < -0.39 is 19.7 Å². The SMILES string of the molecule is O=S(=O)(/C1=C/c2ccccc2/C(S(=O)(=O)c2ccccc2)=C\c2ccccc21)c1ccccc1. The summed E-state index contributed by atoms with van der Waals surface area (Å²) >= 11 is 0. The van der Waals surface area contributed by atoms with Gasteiger partial charge in [0.1, 0.15) is 0 Å². The molecule has 1 aliphatic carbocycles. The highest BCUT2D eigenvalue weighted by Gasteiger charge is 2.29. The zero-order valence-corrected chi connectivity index (χ0v) is 19.6. The summed E-state index contributed by atoms with van der Waals surface area (Å²) in [7, 11) is -7.76. The highest BCUT2D eigenvalue weighted by Crippen LogP contribution is 2.40. The van der Waals surface area contributed by atoms with Gasteiger partial charge in [0.2, 0.25) is 19.7 Å². The fraction of sp³-hybridized carbons (Fsp3) is 0. The van der Waals surface area contributed by atoms with Gasteiger partial charge in [-0.05, 0) is 47.5 Å². The summed E-state index contributed by atoms with van der Waals surface area (Å²) in [6, 6.07) is 30.4. The molecule has 168 valence electrons. The van der Waals surface area contributed by atoms with Gasteiger partial charge >= 0.3 is 0 Å². The second kappa shape index (κ2) is 8.56. The number of benzene rings is 4. The molecule has 0 aliphatic heterocycles. The summed E-state index contributed by atoms with van der Waals surface area (Å²) in [5, 5.41) is 0. The summed E-state index contributed by atoms with van der Waals surface area (Å²) in [5.74, 6) is 0. The van der Waals surface area contributed by atoms with Crippen molar-refractivity contribution in [2.24, 2.45) is 0 Å². The van der Waals surface area contributed by atoms with Gasteiger partial charge in [-0.25, -0.2) is 16.8 Å². The molecule has 0 saturated carbocycles. The molecule has 34 heavy (non-hydrogen) atoms. The maximum absolute atomic E-state index is 13.7. The highest BCUT2D eigenvalue weighted by atomic mass is 32.2. The number of hydrogen-bond donors (Lipinski definition) is 0. The molecule has 0 atom stereocenters. The molecular weight excluding hydrogens is 464 g/mol. The van der Waals surface area contributed by atoms with E-state index in [1.165, 1.54) is 0 Å². The van der Waals surface area contributed by atoms with Gasteiger partial charge in [0.05, 0.1) is 19.6 Å². The Balaban J connectivity index is 1.83. The Morgan fingerprint density at radius 2 is 0.706 bits per heavy atom. The summed E-state index contributed by atoms with van der Waals surface area (Å²) in [4.78, 5) is 0.591. The lowest BCUT2D eigenvalue weighted by atomic mass is 9.98. The zero-order chi connectivity index (χ0) is 23.8. The maximum atomic E-state index is 13.7. The van der Waals surface area contributed by atoms with Gasteiger partial charge in [-0.1, -0.05) is 84.9 Å². The van der Waals surface area contributed by atoms with Gasteiger partial charge in [-0.3, -0.25) is 0 Å². The van der Waals surface area contributed by atoms with Crippen LogP contribution in [0.3, 0.4) is 0 Å². The minimum Gasteiger partial charge on any atom is -0.218 e. The highest BCUT2D eigenvalue weighted by molar-refractivity contribution is 8.01. The average molecular weight is 485 g/mol. The van der Waals surface area contributed by atoms with Crippen LogP contribution in [0.4, 0.5) is 0 Å². The molecule has 0 spiro atoms. The van der Waals surface area contributed by atoms with Crippen molar-refractivity contribution in [2.45, 2.75) is 9.79 Å². The van der Waals surface area contributed by atoms with E-state index >= 15 is 0 Å². The van der Waals surface area contributed by atoms with E-state index in [0.717, 1.165) is 0 Å². The van der Waals surface area contributed by atoms with Gasteiger partial charge in [0.25, 0.3) is 0 Å². The van der Waals surface area contributed by atoms with Crippen molar-refractivity contribution in [1.29, 1.82) is 0 Å². The van der Waals surface area contributed by atoms with E-state index in [4.69, 9.17) is 0 Å². The van der Waals surface area contributed by atoms with Gasteiger partial charge in [-0.2, -0.15) is 0 Å². The number of hydrogen-bond acceptors (Lipinski definition) is 4. The van der Waals surface area contributed by atoms with Crippen LogP contribution in [0.5, 0.6) is 0 Å². The quantitative estimate of drug-likeness (QED) is 0.359. The smallest absolute Gasteiger partial charge is 0.207 e. The minimum atomic E-state index is -3.88. The van der Waals surface area contributed by atoms with Crippen LogP contribution in [0.25, 0.3) is 22.0 Å². The van der Waals surface area contributed by atoms with E-state index in [0.29, 0.717) is 22.3 Å². The van der Waals surface area contributed by atoms with Crippen molar-refractivity contribution in [3.05, 3.63) is 131 Å². The molecule has 6 heteroatoms. The first-order valence-corrected chi connectivity index (χ1v) is 13.6. The molecule has 1 aliphatic rings. The Hall–Kier alpha value is -3.74. The predicted octanol–water partition coefficient (Wildman–Crippen LogP) is 5.94. The molecule has 0 aromatic heterocycles. The van der Waals surface area contributed by atoms with Gasteiger partial charge < -0.3 is 0 Å². The Morgan fingerprint density at radius 1 is 0.382 bits per heavy atom. The van der Waals surface area contributed by atoms with E-state index in [1.807, 2.05) is 0 Å². The zero-order valence-electron chi connectivity index (χ0n) is 18.0. The molecule has 0 saturated heterocycles. The third kappa shape index (κ3) is 3.81. The Labute approximate surface area is 199 Å². The standard InChI is InChI=1S/C28H20O4S2/c29-33(30,23-13-3-1-4-14-23)27-19-21-11-8-10-18-26(21)28(20-22-12-7-9-17-25(22)27)34(31,32)24-15-5-2-6-16-24/h1-20H/b21-19?,22-20?,27-19+,27-25?,28-20+,28-26?. The molecule has 4 aromatic rings. The third-order valence-corrected chi connectivity index (χ3v) is 9.33. The van der Waals surface area contributed by atoms with E-state index in [9.17, 15) is 16.8 Å². The molecule has 4 aromatic carbocycles. The summed E-state index contributed by atoms with van der Waals surface area (Å²) in [6.07, 6.45) is 3.15. The summed E-state index contributed by atoms with van der Waals surface area (Å²) in [5.41, 5.74) is 1.91. The minimum absolute atomic E-state index is 0.120. The van der Waals surface area contributed by atoms with Crippen LogP contribution in [-0.2, 0) is 19.7 Å². The number of fused-ring (bicyclic) bond motifs is 2. The molecule has 0 unspecified atom stereocenters. The van der Waals surface area contributed by atoms with Crippen molar-refractivity contribution in [2.75, 3.05) is 0 Å². The Morgan fingerprint density at radius 3 is 1.09 bits per heavy atom. The van der Waals surface area contributed by atoms with Gasteiger partial charge in [-0.15, -0.1) is 0 Å². The van der Waals surface area contributed by atoms with Crippen molar-refractivity contribution in [3.63, 3.8) is 0 Å². The van der Waals surface area contributed by atoms with E-state index in [1.54, 1.807) is 121 Å². The second-order valence-corrected chi connectivity index (χ2v) is 11.7. The van der Waals surface area contributed by atoms with Crippen molar-refractivity contribution >= 4 is 41.6 Å². The van der Waals surface area contributed by atoms with E-state index in [-0.39, 0.29) is 19.6 Å². The molecule has 4 nitrogen and oxygen atoms in total. The van der Waals surface area contributed by atoms with E-state index in [2.05, 4.69) is 0 Å². The van der Waals surface area contributed by atoms with Crippen LogP contribution in [0.15, 0.2) is 119 Å². The Bertz CT molecular complexity index is 1520. The van der Waals surface area contributed by atoms with Crippen LogP contribution < -0.4 is 0 Å². The van der Waals surface area contributed by atoms with Crippen LogP contribution in [0.1, 0.15) is 22.3 Å². The molecule has 0 radical (unpaired) electrons. The Kier molecular flexibility index (Phi) is 5.55. The molecule has 0 heterocycles. The first-order valence-electron chi connectivity index (χ1n) is 10.6. The lowest BCUT2D eigenvalue weighted by Crippen LogP contribution is -2.10. The van der Waals surface area contributed by atoms with Crippen molar-refractivity contribution < 1.29 is 16.8 Å². The van der Waals surface area contributed by atoms with Gasteiger partial charge in [0, 0.05) is 11.1 Å². The lowest BCUT2D eigenvalue weighted by Gasteiger charge is -2.19. The molecule has 0 amide bonds. The molecule has 0 N–H and O–H groups in total. The van der Waals surface area contributed by atoms with Crippen molar-refractivity contribution in [1.82, 2.24) is 0 Å². The van der Waals surface area contributed by atoms with Gasteiger partial charge in [0.15, 0.2) is 0 Å². The second-order valence-electron chi connectivity index (χ2n) is 7.82. The number of sulfone groups is 2. The number of rotatable bonds is 4. The first kappa shape index (κ1) is 22.1. The largest absolute Gasteiger partial charge is 0.218 e. The summed E-state index contributed by atoms with van der Waals surface area (Å²) < 4.78 is 54.9. The van der Waals surface area contributed by atoms with Crippen LogP contribution in [0.2, 0.25) is 0 Å². The van der Waals surface area contributed by atoms with Crippen LogP contribution >= 0.6 is 0 Å². The van der Waals surface area contributed by atoms with Crippen LogP contribution in [-0.4, -0.2) is 16.8 Å². The van der Waals surface area contributed by atoms with Crippen LogP contribution in [0, 0.1) is 0 Å². The molecular formula is C28H20O4S2. The summed E-state index contributed by atoms with van der Waals surface area (Å²) in [6.45, 7) is 0. The average Bonchev–Trinajstić information content (AvgIpc) is 2.86. The topological polar surface area (TPSA) is 68.3 Å². The predicted molar refractivity (Wildman–Crippen MR) is 136 cm³/mol. The fourth-order valence-electron chi connectivity index (χ4n) is 4.03. The normalized spacial score (nSPS) is 16.6. The maximum Gasteiger partial charge on any atom is 0.207 e. The molecule has 5 rings (SSSR count).